The SMILES string of the molecule is c1ccc(-c2ccccc2-c2nc(-c3ccc4ccccc4c3)nc(-c3cc4ccc5cccc6c7cccc8ccc9cccc(c(c3)c4c56)c9c87)n2)cc1. The van der Waals surface area contributed by atoms with Crippen LogP contribution in [0.1, 0.15) is 0 Å². The lowest BCUT2D eigenvalue weighted by atomic mass is 9.87. The van der Waals surface area contributed by atoms with Gasteiger partial charge in [-0.05, 0) is 105 Å². The third-order valence-corrected chi connectivity index (χ3v) is 11.6. The molecule has 0 amide bonds. The summed E-state index contributed by atoms with van der Waals surface area (Å²) in [5, 5.41) is 17.2. The second-order valence-corrected chi connectivity index (χ2v) is 14.7. The van der Waals surface area contributed by atoms with Crippen molar-refractivity contribution >= 4 is 75.4 Å². The Balaban J connectivity index is 1.21. The lowest BCUT2D eigenvalue weighted by Crippen LogP contribution is -2.01. The van der Waals surface area contributed by atoms with Gasteiger partial charge in [-0.15, -0.1) is 0 Å². The normalized spacial score (nSPS) is 11.9. The Hall–Kier alpha value is -7.49. The molecule has 1 aromatic heterocycles. The molecule has 3 heteroatoms. The minimum atomic E-state index is 0.639. The van der Waals surface area contributed by atoms with Crippen LogP contribution in [0.15, 0.2) is 188 Å². The molecule has 0 spiro atoms. The Morgan fingerprint density at radius 1 is 0.232 bits per heavy atom. The summed E-state index contributed by atoms with van der Waals surface area (Å²) in [7, 11) is 0. The Bertz CT molecular complexity index is 3530. The summed E-state index contributed by atoms with van der Waals surface area (Å²) in [5.74, 6) is 1.92. The molecular formula is C53H31N3. The maximum Gasteiger partial charge on any atom is 0.164 e. The zero-order valence-corrected chi connectivity index (χ0v) is 30.2. The highest BCUT2D eigenvalue weighted by Gasteiger charge is 2.20. The minimum absolute atomic E-state index is 0.639. The molecule has 56 heavy (non-hydrogen) atoms. The Morgan fingerprint density at radius 2 is 0.696 bits per heavy atom. The van der Waals surface area contributed by atoms with Crippen LogP contribution in [0.3, 0.4) is 0 Å². The van der Waals surface area contributed by atoms with E-state index in [2.05, 4.69) is 182 Å². The van der Waals surface area contributed by atoms with Crippen molar-refractivity contribution in [2.45, 2.75) is 0 Å². The molecule has 1 heterocycles. The third-order valence-electron chi connectivity index (χ3n) is 11.6. The fraction of sp³-hybridized carbons (Fsp3) is 0. The first-order valence-electron chi connectivity index (χ1n) is 19.1. The van der Waals surface area contributed by atoms with Gasteiger partial charge in [0.25, 0.3) is 0 Å². The van der Waals surface area contributed by atoms with Gasteiger partial charge in [0.1, 0.15) is 0 Å². The second kappa shape index (κ2) is 12.0. The van der Waals surface area contributed by atoms with Crippen molar-refractivity contribution < 1.29 is 0 Å². The van der Waals surface area contributed by atoms with E-state index in [0.29, 0.717) is 17.5 Å². The van der Waals surface area contributed by atoms with Crippen LogP contribution in [0, 0.1) is 0 Å². The molecule has 0 fully saturated rings. The lowest BCUT2D eigenvalue weighted by Gasteiger charge is -2.17. The highest BCUT2D eigenvalue weighted by molar-refractivity contribution is 6.37. The van der Waals surface area contributed by atoms with Crippen LogP contribution in [-0.4, -0.2) is 15.0 Å². The summed E-state index contributed by atoms with van der Waals surface area (Å²) in [6.07, 6.45) is 0. The number of fused-ring (bicyclic) bond motifs is 3. The fourth-order valence-electron chi connectivity index (χ4n) is 9.04. The van der Waals surface area contributed by atoms with Gasteiger partial charge < -0.3 is 0 Å². The van der Waals surface area contributed by atoms with Crippen LogP contribution in [0.25, 0.3) is 121 Å². The third kappa shape index (κ3) is 4.68. The molecule has 12 rings (SSSR count). The highest BCUT2D eigenvalue weighted by atomic mass is 15.0. The first kappa shape index (κ1) is 30.9. The van der Waals surface area contributed by atoms with Crippen LogP contribution >= 0.6 is 0 Å². The number of hydrogen-bond acceptors (Lipinski definition) is 3. The fourth-order valence-corrected chi connectivity index (χ4v) is 9.04. The van der Waals surface area contributed by atoms with E-state index in [9.17, 15) is 0 Å². The lowest BCUT2D eigenvalue weighted by molar-refractivity contribution is 1.08. The smallest absolute Gasteiger partial charge is 0.164 e. The van der Waals surface area contributed by atoms with Crippen molar-refractivity contribution in [2.75, 3.05) is 0 Å². The van der Waals surface area contributed by atoms with Gasteiger partial charge >= 0.3 is 0 Å². The molecule has 0 saturated carbocycles. The predicted octanol–water partition coefficient (Wildman–Crippen LogP) is 14.0. The molecular weight excluding hydrogens is 679 g/mol. The van der Waals surface area contributed by atoms with E-state index in [1.165, 1.54) is 64.6 Å². The first-order chi connectivity index (χ1) is 27.7. The molecule has 3 nitrogen and oxygen atoms in total. The second-order valence-electron chi connectivity index (χ2n) is 14.7. The van der Waals surface area contributed by atoms with Crippen LogP contribution in [0.4, 0.5) is 0 Å². The van der Waals surface area contributed by atoms with Crippen molar-refractivity contribution in [2.24, 2.45) is 0 Å². The summed E-state index contributed by atoms with van der Waals surface area (Å²) >= 11 is 0. The zero-order chi connectivity index (χ0) is 36.7. The van der Waals surface area contributed by atoms with Crippen LogP contribution in [0.5, 0.6) is 0 Å². The molecule has 0 atom stereocenters. The highest BCUT2D eigenvalue weighted by Crippen LogP contribution is 2.44. The monoisotopic (exact) mass is 709 g/mol. The van der Waals surface area contributed by atoms with Gasteiger partial charge in [-0.3, -0.25) is 0 Å². The van der Waals surface area contributed by atoms with Crippen molar-refractivity contribution in [1.82, 2.24) is 15.0 Å². The van der Waals surface area contributed by atoms with E-state index in [4.69, 9.17) is 15.0 Å². The molecule has 0 saturated heterocycles. The first-order valence-corrected chi connectivity index (χ1v) is 19.1. The molecule has 12 aromatic rings. The van der Waals surface area contributed by atoms with E-state index in [0.717, 1.165) is 38.6 Å². The molecule has 0 aliphatic heterocycles. The maximum atomic E-state index is 5.35. The van der Waals surface area contributed by atoms with Gasteiger partial charge in [-0.1, -0.05) is 170 Å². The molecule has 0 bridgehead atoms. The van der Waals surface area contributed by atoms with Gasteiger partial charge in [0, 0.05) is 16.7 Å². The average molecular weight is 710 g/mol. The number of nitrogens with zero attached hydrogens (tertiary/aromatic N) is 3. The summed E-state index contributed by atoms with van der Waals surface area (Å²) < 4.78 is 0. The van der Waals surface area contributed by atoms with Gasteiger partial charge in [0.15, 0.2) is 17.5 Å². The Kier molecular flexibility index (Phi) is 6.63. The number of benzene rings is 10. The minimum Gasteiger partial charge on any atom is -0.208 e. The van der Waals surface area contributed by atoms with Crippen molar-refractivity contribution in [1.29, 1.82) is 0 Å². The molecule has 0 aliphatic rings. The van der Waals surface area contributed by atoms with Crippen molar-refractivity contribution in [3.05, 3.63) is 188 Å². The number of hydrogen-bond donors (Lipinski definition) is 0. The zero-order valence-electron chi connectivity index (χ0n) is 30.2. The van der Waals surface area contributed by atoms with Crippen LogP contribution in [-0.2, 0) is 0 Å². The maximum absolute atomic E-state index is 5.35. The van der Waals surface area contributed by atoms with Gasteiger partial charge in [-0.2, -0.15) is 0 Å². The van der Waals surface area contributed by atoms with Gasteiger partial charge in [-0.25, -0.2) is 15.0 Å². The van der Waals surface area contributed by atoms with E-state index in [1.807, 2.05) is 6.07 Å². The van der Waals surface area contributed by atoms with E-state index >= 15 is 0 Å². The largest absolute Gasteiger partial charge is 0.208 e. The van der Waals surface area contributed by atoms with Gasteiger partial charge in [0.05, 0.1) is 0 Å². The summed E-state index contributed by atoms with van der Waals surface area (Å²) in [4.78, 5) is 15.9. The summed E-state index contributed by atoms with van der Waals surface area (Å²) in [6.45, 7) is 0. The average Bonchev–Trinajstić information content (AvgIpc) is 3.27. The molecule has 0 radical (unpaired) electrons. The number of aromatic nitrogens is 3. The summed E-state index contributed by atoms with van der Waals surface area (Å²) in [6, 6.07) is 67.6. The van der Waals surface area contributed by atoms with E-state index < -0.39 is 0 Å². The number of rotatable bonds is 4. The predicted molar refractivity (Wildman–Crippen MR) is 235 cm³/mol. The molecule has 0 aliphatic carbocycles. The van der Waals surface area contributed by atoms with Gasteiger partial charge in [0.2, 0.25) is 0 Å². The molecule has 258 valence electrons. The van der Waals surface area contributed by atoms with E-state index in [-0.39, 0.29) is 0 Å². The summed E-state index contributed by atoms with van der Waals surface area (Å²) in [5.41, 5.74) is 5.05. The Morgan fingerprint density at radius 3 is 1.38 bits per heavy atom. The van der Waals surface area contributed by atoms with Crippen molar-refractivity contribution in [3.8, 4) is 45.3 Å². The molecule has 11 aromatic carbocycles. The molecule has 0 unspecified atom stereocenters. The topological polar surface area (TPSA) is 38.7 Å². The standard InChI is InChI=1S/C53H31N3/c1-2-12-33(13-3-1)41-18-6-7-19-45(41)53-55-51(39-28-23-32-11-4-5-14-37(32)29-39)54-52(56-53)40-30-38-27-26-36-16-9-21-43-42-20-8-15-34-24-25-35-17-10-22-44(49(35)47(34)42)46(31-40)50(38)48(36)43/h1-31H. The van der Waals surface area contributed by atoms with Crippen LogP contribution < -0.4 is 0 Å². The van der Waals surface area contributed by atoms with Crippen molar-refractivity contribution in [3.63, 3.8) is 0 Å². The van der Waals surface area contributed by atoms with Crippen LogP contribution in [0.2, 0.25) is 0 Å². The van der Waals surface area contributed by atoms with E-state index in [1.54, 1.807) is 0 Å². The quantitative estimate of drug-likeness (QED) is 0.171. The molecule has 0 N–H and O–H groups in total. The Labute approximate surface area is 322 Å².